The molecule has 0 saturated heterocycles. The van der Waals surface area contributed by atoms with Gasteiger partial charge in [0, 0.05) is 17.6 Å². The van der Waals surface area contributed by atoms with E-state index in [9.17, 15) is 14.0 Å². The SMILES string of the molecule is CC(C)OCCCN1C(=O)c2oc3ccc(Br)cc3c(=O)c2[C@H]1c1ccc(F)cc1. The fourth-order valence-corrected chi connectivity index (χ4v) is 4.13. The van der Waals surface area contributed by atoms with E-state index in [2.05, 4.69) is 15.9 Å². The normalized spacial score (nSPS) is 16.0. The standard InChI is InChI=1S/C23H21BrFNO4/c1-13(2)29-11-3-10-26-20(14-4-7-16(25)8-5-14)19-21(27)17-12-15(24)6-9-18(17)30-22(19)23(26)28/h4-9,12-13,20H,3,10-11H2,1-2H3/t20-/m1/s1. The maximum absolute atomic E-state index is 13.5. The summed E-state index contributed by atoms with van der Waals surface area (Å²) in [7, 11) is 0. The summed E-state index contributed by atoms with van der Waals surface area (Å²) in [5, 5.41) is 0.396. The van der Waals surface area contributed by atoms with Crippen LogP contribution in [-0.2, 0) is 4.74 Å². The summed E-state index contributed by atoms with van der Waals surface area (Å²) >= 11 is 3.38. The van der Waals surface area contributed by atoms with Gasteiger partial charge in [-0.25, -0.2) is 4.39 Å². The van der Waals surface area contributed by atoms with Crippen molar-refractivity contribution in [3.63, 3.8) is 0 Å². The maximum Gasteiger partial charge on any atom is 0.290 e. The summed E-state index contributed by atoms with van der Waals surface area (Å²) in [5.74, 6) is -0.672. The Kier molecular flexibility index (Phi) is 5.75. The summed E-state index contributed by atoms with van der Waals surface area (Å²) in [6, 6.07) is 10.3. The molecule has 1 amide bonds. The van der Waals surface area contributed by atoms with Gasteiger partial charge in [-0.2, -0.15) is 0 Å². The Labute approximate surface area is 181 Å². The molecule has 0 N–H and O–H groups in total. The molecule has 1 aromatic heterocycles. The number of fused-ring (bicyclic) bond motifs is 2. The molecule has 156 valence electrons. The van der Waals surface area contributed by atoms with E-state index in [1.165, 1.54) is 12.1 Å². The summed E-state index contributed by atoms with van der Waals surface area (Å²) in [6.07, 6.45) is 0.700. The highest BCUT2D eigenvalue weighted by atomic mass is 79.9. The van der Waals surface area contributed by atoms with Crippen LogP contribution in [0.15, 0.2) is 56.1 Å². The predicted molar refractivity (Wildman–Crippen MR) is 115 cm³/mol. The first-order valence-electron chi connectivity index (χ1n) is 9.81. The molecule has 0 spiro atoms. The Morgan fingerprint density at radius 1 is 1.17 bits per heavy atom. The van der Waals surface area contributed by atoms with E-state index in [4.69, 9.17) is 9.15 Å². The molecule has 0 unspecified atom stereocenters. The highest BCUT2D eigenvalue weighted by Gasteiger charge is 2.42. The Balaban J connectivity index is 1.81. The molecular formula is C23H21BrFNO4. The number of carbonyl (C=O) groups is 1. The Hall–Kier alpha value is -2.51. The minimum atomic E-state index is -0.633. The number of halogens is 2. The molecule has 3 aromatic rings. The lowest BCUT2D eigenvalue weighted by Crippen LogP contribution is -2.31. The molecule has 0 bridgehead atoms. The molecule has 0 radical (unpaired) electrons. The molecule has 5 nitrogen and oxygen atoms in total. The Morgan fingerprint density at radius 3 is 2.60 bits per heavy atom. The number of amides is 1. The molecule has 0 saturated carbocycles. The second-order valence-corrected chi connectivity index (χ2v) is 8.46. The van der Waals surface area contributed by atoms with E-state index in [-0.39, 0.29) is 29.0 Å². The number of carbonyl (C=O) groups excluding carboxylic acids is 1. The molecule has 0 aliphatic carbocycles. The molecule has 4 rings (SSSR count). The zero-order valence-corrected chi connectivity index (χ0v) is 18.2. The highest BCUT2D eigenvalue weighted by molar-refractivity contribution is 9.10. The minimum absolute atomic E-state index is 0.0499. The van der Waals surface area contributed by atoms with Crippen molar-refractivity contribution in [3.8, 4) is 0 Å². The minimum Gasteiger partial charge on any atom is -0.450 e. The van der Waals surface area contributed by atoms with Crippen LogP contribution in [0.25, 0.3) is 11.0 Å². The third kappa shape index (κ3) is 3.79. The average molecular weight is 474 g/mol. The third-order valence-corrected chi connectivity index (χ3v) is 5.60. The lowest BCUT2D eigenvalue weighted by Gasteiger charge is -2.25. The Bertz CT molecular complexity index is 1160. The average Bonchev–Trinajstić information content (AvgIpc) is 2.99. The van der Waals surface area contributed by atoms with Gasteiger partial charge in [-0.1, -0.05) is 28.1 Å². The van der Waals surface area contributed by atoms with Crippen molar-refractivity contribution in [1.82, 2.24) is 4.90 Å². The molecule has 1 atom stereocenters. The number of hydrogen-bond acceptors (Lipinski definition) is 4. The van der Waals surface area contributed by atoms with Crippen LogP contribution in [0.5, 0.6) is 0 Å². The number of benzene rings is 2. The maximum atomic E-state index is 13.5. The topological polar surface area (TPSA) is 59.8 Å². The van der Waals surface area contributed by atoms with Crippen molar-refractivity contribution >= 4 is 32.8 Å². The lowest BCUT2D eigenvalue weighted by molar-refractivity contribution is 0.0593. The van der Waals surface area contributed by atoms with Gasteiger partial charge < -0.3 is 14.1 Å². The third-order valence-electron chi connectivity index (χ3n) is 5.11. The van der Waals surface area contributed by atoms with E-state index < -0.39 is 6.04 Å². The number of nitrogens with zero attached hydrogens (tertiary/aromatic N) is 1. The van der Waals surface area contributed by atoms with Crippen LogP contribution < -0.4 is 5.43 Å². The number of rotatable bonds is 6. The molecule has 1 aliphatic rings. The zero-order valence-electron chi connectivity index (χ0n) is 16.7. The monoisotopic (exact) mass is 473 g/mol. The molecule has 2 aromatic carbocycles. The summed E-state index contributed by atoms with van der Waals surface area (Å²) in [6.45, 7) is 4.77. The highest BCUT2D eigenvalue weighted by Crippen LogP contribution is 2.38. The van der Waals surface area contributed by atoms with Crippen LogP contribution in [0.2, 0.25) is 0 Å². The lowest BCUT2D eigenvalue weighted by atomic mass is 9.98. The van der Waals surface area contributed by atoms with Gasteiger partial charge in [0.1, 0.15) is 11.4 Å². The largest absolute Gasteiger partial charge is 0.450 e. The van der Waals surface area contributed by atoms with Gasteiger partial charge in [0.05, 0.1) is 23.1 Å². The summed E-state index contributed by atoms with van der Waals surface area (Å²) < 4.78 is 25.7. The van der Waals surface area contributed by atoms with E-state index in [1.807, 2.05) is 13.8 Å². The zero-order chi connectivity index (χ0) is 21.4. The van der Waals surface area contributed by atoms with E-state index in [0.29, 0.717) is 41.7 Å². The van der Waals surface area contributed by atoms with Gasteiger partial charge >= 0.3 is 0 Å². The number of ether oxygens (including phenoxy) is 1. The van der Waals surface area contributed by atoms with Crippen molar-refractivity contribution in [1.29, 1.82) is 0 Å². The first kappa shape index (κ1) is 20.8. The Morgan fingerprint density at radius 2 is 1.90 bits per heavy atom. The molecular weight excluding hydrogens is 453 g/mol. The first-order valence-corrected chi connectivity index (χ1v) is 10.6. The van der Waals surface area contributed by atoms with E-state index in [0.717, 1.165) is 4.47 Å². The smallest absolute Gasteiger partial charge is 0.290 e. The number of hydrogen-bond donors (Lipinski definition) is 0. The van der Waals surface area contributed by atoms with Gasteiger partial charge in [-0.15, -0.1) is 0 Å². The van der Waals surface area contributed by atoms with Gasteiger partial charge in [0.15, 0.2) is 5.43 Å². The van der Waals surface area contributed by atoms with Crippen molar-refractivity contribution in [2.24, 2.45) is 0 Å². The summed E-state index contributed by atoms with van der Waals surface area (Å²) in [4.78, 5) is 28.2. The van der Waals surface area contributed by atoms with Gasteiger partial charge in [-0.05, 0) is 56.2 Å². The fourth-order valence-electron chi connectivity index (χ4n) is 3.77. The van der Waals surface area contributed by atoms with Gasteiger partial charge in [0.2, 0.25) is 5.76 Å². The van der Waals surface area contributed by atoms with Crippen LogP contribution in [-0.4, -0.2) is 30.1 Å². The molecule has 7 heteroatoms. The van der Waals surface area contributed by atoms with Crippen molar-refractivity contribution in [3.05, 3.63) is 79.9 Å². The van der Waals surface area contributed by atoms with Crippen molar-refractivity contribution < 1.29 is 18.3 Å². The summed E-state index contributed by atoms with van der Waals surface area (Å²) in [5.41, 5.74) is 1.06. The quantitative estimate of drug-likeness (QED) is 0.469. The second kappa shape index (κ2) is 8.32. The second-order valence-electron chi connectivity index (χ2n) is 7.54. The van der Waals surface area contributed by atoms with Crippen molar-refractivity contribution in [2.75, 3.05) is 13.2 Å². The molecule has 1 aliphatic heterocycles. The van der Waals surface area contributed by atoms with E-state index in [1.54, 1.807) is 35.2 Å². The molecule has 2 heterocycles. The predicted octanol–water partition coefficient (Wildman–Crippen LogP) is 5.05. The van der Waals surface area contributed by atoms with Gasteiger partial charge in [0.25, 0.3) is 5.91 Å². The van der Waals surface area contributed by atoms with Crippen LogP contribution >= 0.6 is 15.9 Å². The van der Waals surface area contributed by atoms with Crippen molar-refractivity contribution in [2.45, 2.75) is 32.4 Å². The fraction of sp³-hybridized carbons (Fsp3) is 0.304. The van der Waals surface area contributed by atoms with E-state index >= 15 is 0 Å². The van der Waals surface area contributed by atoms with Crippen LogP contribution in [0.4, 0.5) is 4.39 Å². The molecule has 30 heavy (non-hydrogen) atoms. The van der Waals surface area contributed by atoms with Gasteiger partial charge in [-0.3, -0.25) is 9.59 Å². The molecule has 0 fully saturated rings. The first-order chi connectivity index (χ1) is 14.4. The van der Waals surface area contributed by atoms with Crippen LogP contribution in [0, 0.1) is 5.82 Å². The van der Waals surface area contributed by atoms with Crippen LogP contribution in [0.1, 0.15) is 48.0 Å². The van der Waals surface area contributed by atoms with Crippen LogP contribution in [0.3, 0.4) is 0 Å².